The third-order valence-corrected chi connectivity index (χ3v) is 8.74. The molecule has 0 spiro atoms. The fourth-order valence-electron chi connectivity index (χ4n) is 4.65. The van der Waals surface area contributed by atoms with Gasteiger partial charge in [-0.3, -0.25) is 9.36 Å². The van der Waals surface area contributed by atoms with Crippen molar-refractivity contribution in [2.45, 2.75) is 63.2 Å². The van der Waals surface area contributed by atoms with Crippen LogP contribution < -0.4 is 0 Å². The van der Waals surface area contributed by atoms with Gasteiger partial charge in [0.1, 0.15) is 6.33 Å². The molecule has 1 atom stereocenters. The number of carbonyl (C=O) groups excluding carboxylic acids is 1. The number of sulfone groups is 1. The first kappa shape index (κ1) is 21.4. The summed E-state index contributed by atoms with van der Waals surface area (Å²) in [5.41, 5.74) is 3.30. The largest absolute Gasteiger partial charge is 0.335 e. The molecule has 2 aromatic rings. The van der Waals surface area contributed by atoms with Crippen LogP contribution in [0.15, 0.2) is 29.7 Å². The molecule has 0 radical (unpaired) electrons. The van der Waals surface area contributed by atoms with Gasteiger partial charge in [-0.15, -0.1) is 10.2 Å². The third-order valence-electron chi connectivity index (χ3n) is 6.06. The zero-order valence-corrected chi connectivity index (χ0v) is 19.1. The predicted molar refractivity (Wildman–Crippen MR) is 118 cm³/mol. The fourth-order valence-corrected chi connectivity index (χ4v) is 7.15. The highest BCUT2D eigenvalue weighted by molar-refractivity contribution is 7.99. The van der Waals surface area contributed by atoms with Gasteiger partial charge < -0.3 is 4.90 Å². The fraction of sp³-hybridized carbons (Fsp3) is 0.571. The van der Waals surface area contributed by atoms with Crippen molar-refractivity contribution < 1.29 is 13.2 Å². The third kappa shape index (κ3) is 4.56. The molecule has 1 amide bonds. The Morgan fingerprint density at radius 1 is 1.20 bits per heavy atom. The van der Waals surface area contributed by atoms with Crippen LogP contribution in [0.1, 0.15) is 43.2 Å². The van der Waals surface area contributed by atoms with Crippen LogP contribution >= 0.6 is 11.8 Å². The molecule has 2 heterocycles. The molecule has 7 nitrogen and oxygen atoms in total. The highest BCUT2D eigenvalue weighted by atomic mass is 32.2. The maximum absolute atomic E-state index is 13.2. The molecule has 1 saturated heterocycles. The lowest BCUT2D eigenvalue weighted by atomic mass is 10.1. The molecule has 1 aliphatic carbocycles. The summed E-state index contributed by atoms with van der Waals surface area (Å²) in [5.74, 6) is 0.515. The molecule has 9 heteroatoms. The van der Waals surface area contributed by atoms with Crippen molar-refractivity contribution in [3.05, 3.63) is 35.7 Å². The number of carbonyl (C=O) groups is 1. The van der Waals surface area contributed by atoms with Crippen LogP contribution in [0.25, 0.3) is 5.69 Å². The van der Waals surface area contributed by atoms with Crippen molar-refractivity contribution in [2.24, 2.45) is 0 Å². The lowest BCUT2D eigenvalue weighted by Gasteiger charge is -2.34. The summed E-state index contributed by atoms with van der Waals surface area (Å²) in [6.45, 7) is 4.10. The van der Waals surface area contributed by atoms with E-state index in [4.69, 9.17) is 0 Å². The van der Waals surface area contributed by atoms with Gasteiger partial charge in [0.25, 0.3) is 0 Å². The number of rotatable bonds is 6. The molecule has 0 bridgehead atoms. The van der Waals surface area contributed by atoms with Crippen LogP contribution in [0.3, 0.4) is 0 Å². The maximum atomic E-state index is 13.2. The van der Waals surface area contributed by atoms with Gasteiger partial charge in [-0.05, 0) is 44.7 Å². The molecular formula is C21H28N4O3S2. The van der Waals surface area contributed by atoms with Gasteiger partial charge >= 0.3 is 0 Å². The van der Waals surface area contributed by atoms with Crippen LogP contribution in [0.5, 0.6) is 0 Å². The van der Waals surface area contributed by atoms with E-state index in [0.717, 1.165) is 36.9 Å². The smallest absolute Gasteiger partial charge is 0.233 e. The quantitative estimate of drug-likeness (QED) is 0.632. The van der Waals surface area contributed by atoms with Crippen molar-refractivity contribution >= 4 is 27.5 Å². The summed E-state index contributed by atoms with van der Waals surface area (Å²) in [5, 5.41) is 8.93. The number of aryl methyl sites for hydroxylation is 2. The Labute approximate surface area is 182 Å². The first-order valence-electron chi connectivity index (χ1n) is 10.5. The number of hydrogen-bond acceptors (Lipinski definition) is 6. The second kappa shape index (κ2) is 8.70. The molecule has 0 N–H and O–H groups in total. The molecule has 2 aliphatic rings. The van der Waals surface area contributed by atoms with Gasteiger partial charge in [-0.2, -0.15) is 0 Å². The lowest BCUT2D eigenvalue weighted by molar-refractivity contribution is -0.132. The molecular weight excluding hydrogens is 420 g/mol. The van der Waals surface area contributed by atoms with E-state index >= 15 is 0 Å². The number of hydrogen-bond donors (Lipinski definition) is 0. The average molecular weight is 449 g/mol. The van der Waals surface area contributed by atoms with E-state index < -0.39 is 9.84 Å². The minimum absolute atomic E-state index is 0.00387. The monoisotopic (exact) mass is 448 g/mol. The standard InChI is InChI=1S/C21H28N4O3S2/c1-15-7-8-19(16(2)11-15)24-14-22-23-21(24)29-12-20(26)25(17-5-3-4-6-17)18-9-10-30(27,28)13-18/h7-8,11,14,17-18H,3-6,9-10,12-13H2,1-2H3/t18-/m0/s1. The minimum Gasteiger partial charge on any atom is -0.335 e. The highest BCUT2D eigenvalue weighted by Crippen LogP contribution is 2.31. The Morgan fingerprint density at radius 3 is 2.63 bits per heavy atom. The van der Waals surface area contributed by atoms with Crippen molar-refractivity contribution in [3.63, 3.8) is 0 Å². The van der Waals surface area contributed by atoms with Crippen LogP contribution in [-0.2, 0) is 14.6 Å². The number of aromatic nitrogens is 3. The van der Waals surface area contributed by atoms with Gasteiger partial charge in [0.15, 0.2) is 15.0 Å². The average Bonchev–Trinajstić information content (AvgIpc) is 3.42. The number of amides is 1. The van der Waals surface area contributed by atoms with Crippen LogP contribution in [0.2, 0.25) is 0 Å². The van der Waals surface area contributed by atoms with Gasteiger partial charge in [0, 0.05) is 12.1 Å². The lowest BCUT2D eigenvalue weighted by Crippen LogP contribution is -2.47. The molecule has 4 rings (SSSR count). The Hall–Kier alpha value is -1.87. The van der Waals surface area contributed by atoms with Gasteiger partial charge in [0.05, 0.1) is 22.9 Å². The van der Waals surface area contributed by atoms with E-state index in [1.165, 1.54) is 17.3 Å². The summed E-state index contributed by atoms with van der Waals surface area (Å²) in [4.78, 5) is 15.1. The minimum atomic E-state index is -3.04. The van der Waals surface area contributed by atoms with E-state index in [0.29, 0.717) is 11.6 Å². The van der Waals surface area contributed by atoms with Crippen LogP contribution in [0.4, 0.5) is 0 Å². The van der Waals surface area contributed by atoms with E-state index in [-0.39, 0.29) is 35.2 Å². The second-order valence-corrected chi connectivity index (χ2v) is 11.5. The molecule has 1 aromatic carbocycles. The summed E-state index contributed by atoms with van der Waals surface area (Å²) in [6, 6.07) is 6.16. The molecule has 0 unspecified atom stereocenters. The second-order valence-electron chi connectivity index (χ2n) is 8.36. The normalized spacial score (nSPS) is 21.2. The van der Waals surface area contributed by atoms with E-state index in [9.17, 15) is 13.2 Å². The Kier molecular flexibility index (Phi) is 6.20. The Balaban J connectivity index is 1.50. The Morgan fingerprint density at radius 2 is 1.97 bits per heavy atom. The van der Waals surface area contributed by atoms with Gasteiger partial charge in [0.2, 0.25) is 5.91 Å². The molecule has 1 saturated carbocycles. The van der Waals surface area contributed by atoms with E-state index in [2.05, 4.69) is 23.2 Å². The number of benzene rings is 1. The summed E-state index contributed by atoms with van der Waals surface area (Å²) in [7, 11) is -3.04. The van der Waals surface area contributed by atoms with Crippen molar-refractivity contribution in [1.29, 1.82) is 0 Å². The predicted octanol–water partition coefficient (Wildman–Crippen LogP) is 2.93. The van der Waals surface area contributed by atoms with Crippen LogP contribution in [-0.4, -0.2) is 63.3 Å². The molecule has 2 fully saturated rings. The summed E-state index contributed by atoms with van der Waals surface area (Å²) in [6.07, 6.45) is 6.35. The first-order valence-corrected chi connectivity index (χ1v) is 13.3. The number of nitrogens with zero attached hydrogens (tertiary/aromatic N) is 4. The van der Waals surface area contributed by atoms with E-state index in [1.54, 1.807) is 6.33 Å². The van der Waals surface area contributed by atoms with Crippen molar-refractivity contribution in [1.82, 2.24) is 19.7 Å². The number of thioether (sulfide) groups is 1. The van der Waals surface area contributed by atoms with Crippen LogP contribution in [0, 0.1) is 13.8 Å². The van der Waals surface area contributed by atoms with Gasteiger partial charge in [-0.25, -0.2) is 8.42 Å². The van der Waals surface area contributed by atoms with Gasteiger partial charge in [-0.1, -0.05) is 42.3 Å². The highest BCUT2D eigenvalue weighted by Gasteiger charge is 2.39. The Bertz CT molecular complexity index is 1030. The molecule has 1 aromatic heterocycles. The maximum Gasteiger partial charge on any atom is 0.233 e. The zero-order valence-electron chi connectivity index (χ0n) is 17.5. The zero-order chi connectivity index (χ0) is 21.3. The topological polar surface area (TPSA) is 85.2 Å². The van der Waals surface area contributed by atoms with Crippen molar-refractivity contribution in [3.8, 4) is 5.69 Å². The molecule has 1 aliphatic heterocycles. The first-order chi connectivity index (χ1) is 14.3. The molecule has 30 heavy (non-hydrogen) atoms. The summed E-state index contributed by atoms with van der Waals surface area (Å²) < 4.78 is 25.9. The van der Waals surface area contributed by atoms with E-state index in [1.807, 2.05) is 28.5 Å². The molecule has 162 valence electrons. The summed E-state index contributed by atoms with van der Waals surface area (Å²) >= 11 is 1.36. The SMILES string of the molecule is Cc1ccc(-n2cnnc2SCC(=O)N(C2CCCC2)[C@H]2CCS(=O)(=O)C2)c(C)c1. The van der Waals surface area contributed by atoms with Crippen molar-refractivity contribution in [2.75, 3.05) is 17.3 Å².